The van der Waals surface area contributed by atoms with Gasteiger partial charge in [0.2, 0.25) is 0 Å². The van der Waals surface area contributed by atoms with Crippen LogP contribution in [-0.4, -0.2) is 28.6 Å². The van der Waals surface area contributed by atoms with Crippen LogP contribution in [0.2, 0.25) is 5.02 Å². The van der Waals surface area contributed by atoms with Gasteiger partial charge in [0.1, 0.15) is 5.75 Å². The quantitative estimate of drug-likeness (QED) is 0.321. The second-order valence-corrected chi connectivity index (χ2v) is 10.0. The average Bonchev–Trinajstić information content (AvgIpc) is 3.08. The standard InChI is InChI=1S/C26H20BrClN2O4S/c1-16-4-2-3-5-18(16)14-30-25(32)23(35-26(30)33)13-17-6-11-22(21(27)12-17)34-15-24(31)29-20-9-7-19(28)8-10-20/h2-13H,14-15H2,1H3,(H,29,31)/b23-13-. The van der Waals surface area contributed by atoms with Crippen molar-refractivity contribution < 1.29 is 19.1 Å². The SMILES string of the molecule is Cc1ccccc1CN1C(=O)S/C(=C\c2ccc(OCC(=O)Nc3ccc(Cl)cc3)c(Br)c2)C1=O. The van der Waals surface area contributed by atoms with Crippen LogP contribution in [0, 0.1) is 6.92 Å². The number of thioether (sulfide) groups is 1. The molecule has 9 heteroatoms. The molecule has 0 aromatic heterocycles. The highest BCUT2D eigenvalue weighted by Crippen LogP contribution is 2.35. The van der Waals surface area contributed by atoms with Crippen LogP contribution in [-0.2, 0) is 16.1 Å². The number of benzene rings is 3. The number of hydrogen-bond acceptors (Lipinski definition) is 5. The summed E-state index contributed by atoms with van der Waals surface area (Å²) in [7, 11) is 0. The smallest absolute Gasteiger partial charge is 0.293 e. The Hall–Kier alpha value is -3.07. The number of hydrogen-bond donors (Lipinski definition) is 1. The van der Waals surface area contributed by atoms with Gasteiger partial charge in [0.05, 0.1) is 15.9 Å². The number of carbonyl (C=O) groups excluding carboxylic acids is 3. The lowest BCUT2D eigenvalue weighted by molar-refractivity contribution is -0.123. The monoisotopic (exact) mass is 570 g/mol. The Bertz CT molecular complexity index is 1330. The number of ether oxygens (including phenoxy) is 1. The van der Waals surface area contributed by atoms with E-state index in [9.17, 15) is 14.4 Å². The third-order valence-electron chi connectivity index (χ3n) is 5.20. The molecule has 0 bridgehead atoms. The average molecular weight is 572 g/mol. The van der Waals surface area contributed by atoms with Crippen LogP contribution in [0.1, 0.15) is 16.7 Å². The van der Waals surface area contributed by atoms with Gasteiger partial charge in [0.25, 0.3) is 17.1 Å². The van der Waals surface area contributed by atoms with Crippen molar-refractivity contribution in [3.05, 3.63) is 97.8 Å². The largest absolute Gasteiger partial charge is 0.483 e. The van der Waals surface area contributed by atoms with Crippen molar-refractivity contribution >= 4 is 68.1 Å². The Labute approximate surface area is 220 Å². The van der Waals surface area contributed by atoms with Crippen molar-refractivity contribution in [1.82, 2.24) is 4.90 Å². The maximum atomic E-state index is 12.9. The van der Waals surface area contributed by atoms with Crippen molar-refractivity contribution in [2.24, 2.45) is 0 Å². The molecule has 1 N–H and O–H groups in total. The normalized spacial score (nSPS) is 14.5. The minimum Gasteiger partial charge on any atom is -0.483 e. The van der Waals surface area contributed by atoms with E-state index in [2.05, 4.69) is 21.2 Å². The molecular formula is C26H20BrClN2O4S. The molecule has 0 atom stereocenters. The van der Waals surface area contributed by atoms with E-state index >= 15 is 0 Å². The van der Waals surface area contributed by atoms with Crippen LogP contribution >= 0.6 is 39.3 Å². The van der Waals surface area contributed by atoms with Crippen molar-refractivity contribution in [3.63, 3.8) is 0 Å². The van der Waals surface area contributed by atoms with Gasteiger partial charge in [0, 0.05) is 10.7 Å². The maximum absolute atomic E-state index is 12.9. The molecule has 3 amide bonds. The number of nitrogens with zero attached hydrogens (tertiary/aromatic N) is 1. The fraction of sp³-hybridized carbons (Fsp3) is 0.115. The van der Waals surface area contributed by atoms with E-state index in [1.165, 1.54) is 4.90 Å². The van der Waals surface area contributed by atoms with Crippen LogP contribution in [0.3, 0.4) is 0 Å². The number of carbonyl (C=O) groups is 3. The van der Waals surface area contributed by atoms with E-state index in [1.54, 1.807) is 48.5 Å². The summed E-state index contributed by atoms with van der Waals surface area (Å²) in [4.78, 5) is 39.1. The third-order valence-corrected chi connectivity index (χ3v) is 6.98. The number of aryl methyl sites for hydroxylation is 1. The van der Waals surface area contributed by atoms with Crippen molar-refractivity contribution in [3.8, 4) is 5.75 Å². The van der Waals surface area contributed by atoms with E-state index in [1.807, 2.05) is 31.2 Å². The molecule has 178 valence electrons. The van der Waals surface area contributed by atoms with E-state index < -0.39 is 0 Å². The molecule has 1 aliphatic rings. The number of nitrogens with one attached hydrogen (secondary N) is 1. The first kappa shape index (κ1) is 25.0. The van der Waals surface area contributed by atoms with Gasteiger partial charge in [-0.1, -0.05) is 41.9 Å². The Morgan fingerprint density at radius 3 is 2.57 bits per heavy atom. The van der Waals surface area contributed by atoms with Gasteiger partial charge in [0.15, 0.2) is 6.61 Å². The molecule has 1 aliphatic heterocycles. The van der Waals surface area contributed by atoms with Gasteiger partial charge < -0.3 is 10.1 Å². The first-order valence-electron chi connectivity index (χ1n) is 10.6. The highest BCUT2D eigenvalue weighted by molar-refractivity contribution is 9.10. The van der Waals surface area contributed by atoms with Crippen LogP contribution < -0.4 is 10.1 Å². The second kappa shape index (κ2) is 11.1. The topological polar surface area (TPSA) is 75.7 Å². The van der Waals surface area contributed by atoms with Crippen molar-refractivity contribution in [1.29, 1.82) is 0 Å². The Balaban J connectivity index is 1.39. The van der Waals surface area contributed by atoms with Gasteiger partial charge in [-0.15, -0.1) is 0 Å². The number of anilines is 1. The molecular weight excluding hydrogens is 552 g/mol. The molecule has 6 nitrogen and oxygen atoms in total. The molecule has 35 heavy (non-hydrogen) atoms. The summed E-state index contributed by atoms with van der Waals surface area (Å²) in [5.74, 6) is -0.162. The first-order chi connectivity index (χ1) is 16.8. The fourth-order valence-electron chi connectivity index (χ4n) is 3.34. The molecule has 3 aromatic rings. The molecule has 0 aliphatic carbocycles. The summed E-state index contributed by atoms with van der Waals surface area (Å²) in [5, 5.41) is 3.01. The number of rotatable bonds is 7. The van der Waals surface area contributed by atoms with E-state index in [4.69, 9.17) is 16.3 Å². The third kappa shape index (κ3) is 6.33. The summed E-state index contributed by atoms with van der Waals surface area (Å²) >= 11 is 10.2. The number of imide groups is 1. The van der Waals surface area contributed by atoms with Gasteiger partial charge in [-0.05, 0) is 93.8 Å². The van der Waals surface area contributed by atoms with Crippen molar-refractivity contribution in [2.45, 2.75) is 13.5 Å². The highest BCUT2D eigenvalue weighted by Gasteiger charge is 2.35. The highest BCUT2D eigenvalue weighted by atomic mass is 79.9. The zero-order valence-corrected chi connectivity index (χ0v) is 21.7. The molecule has 1 heterocycles. The lowest BCUT2D eigenvalue weighted by Gasteiger charge is -2.14. The van der Waals surface area contributed by atoms with Crippen LogP contribution in [0.25, 0.3) is 6.08 Å². The lowest BCUT2D eigenvalue weighted by Crippen LogP contribution is -2.27. The van der Waals surface area contributed by atoms with Gasteiger partial charge in [-0.25, -0.2) is 0 Å². The minimum atomic E-state index is -0.321. The van der Waals surface area contributed by atoms with E-state index in [-0.39, 0.29) is 30.2 Å². The summed E-state index contributed by atoms with van der Waals surface area (Å²) in [6, 6.07) is 19.7. The maximum Gasteiger partial charge on any atom is 0.293 e. The molecule has 4 rings (SSSR count). The Morgan fingerprint density at radius 2 is 1.86 bits per heavy atom. The van der Waals surface area contributed by atoms with Gasteiger partial charge in [-0.2, -0.15) is 0 Å². The summed E-state index contributed by atoms with van der Waals surface area (Å²) in [6.07, 6.45) is 1.67. The molecule has 0 spiro atoms. The molecule has 1 fully saturated rings. The van der Waals surface area contributed by atoms with Crippen LogP contribution in [0.4, 0.5) is 10.5 Å². The zero-order chi connectivity index (χ0) is 24.9. The molecule has 0 saturated carbocycles. The summed E-state index contributed by atoms with van der Waals surface area (Å²) < 4.78 is 6.23. The Kier molecular flexibility index (Phi) is 7.95. The predicted octanol–water partition coefficient (Wildman–Crippen LogP) is 6.66. The van der Waals surface area contributed by atoms with Gasteiger partial charge >= 0.3 is 0 Å². The zero-order valence-electron chi connectivity index (χ0n) is 18.6. The molecule has 0 unspecified atom stereocenters. The predicted molar refractivity (Wildman–Crippen MR) is 142 cm³/mol. The minimum absolute atomic E-state index is 0.182. The molecule has 0 radical (unpaired) electrons. The number of halogens is 2. The van der Waals surface area contributed by atoms with Gasteiger partial charge in [-0.3, -0.25) is 19.3 Å². The van der Waals surface area contributed by atoms with E-state index in [0.717, 1.165) is 28.5 Å². The summed E-state index contributed by atoms with van der Waals surface area (Å²) in [5.41, 5.74) is 3.29. The fourth-order valence-corrected chi connectivity index (χ4v) is 4.82. The van der Waals surface area contributed by atoms with Crippen LogP contribution in [0.5, 0.6) is 5.75 Å². The lowest BCUT2D eigenvalue weighted by atomic mass is 10.1. The second-order valence-electron chi connectivity index (χ2n) is 7.73. The summed E-state index contributed by atoms with van der Waals surface area (Å²) in [6.45, 7) is 2.01. The Morgan fingerprint density at radius 1 is 1.11 bits per heavy atom. The first-order valence-corrected chi connectivity index (χ1v) is 12.6. The van der Waals surface area contributed by atoms with Crippen molar-refractivity contribution in [2.75, 3.05) is 11.9 Å². The molecule has 1 saturated heterocycles. The number of amides is 3. The van der Waals surface area contributed by atoms with Crippen LogP contribution in [0.15, 0.2) is 76.1 Å². The molecule has 3 aromatic carbocycles. The van der Waals surface area contributed by atoms with E-state index in [0.29, 0.717) is 25.8 Å².